The van der Waals surface area contributed by atoms with Crippen LogP contribution in [0.4, 0.5) is 5.82 Å². The standard InChI is InChI=1S/C19H33N5O/c1-16-7-11-23(12-8-16)15-18(25)14-22(2)17-5-4-10-24(13-17)19-6-3-9-20-21-19/h3,6,9,16-18,25H,4-5,7-8,10-15H2,1-2H3/t17-,18+/m1/s1. The molecular weight excluding hydrogens is 314 g/mol. The lowest BCUT2D eigenvalue weighted by Gasteiger charge is -2.39. The lowest BCUT2D eigenvalue weighted by molar-refractivity contribution is 0.0547. The maximum Gasteiger partial charge on any atom is 0.151 e. The highest BCUT2D eigenvalue weighted by molar-refractivity contribution is 5.37. The zero-order chi connectivity index (χ0) is 17.6. The van der Waals surface area contributed by atoms with Crippen molar-refractivity contribution in [1.82, 2.24) is 20.0 Å². The summed E-state index contributed by atoms with van der Waals surface area (Å²) in [5.74, 6) is 1.80. The summed E-state index contributed by atoms with van der Waals surface area (Å²) in [5.41, 5.74) is 0. The SMILES string of the molecule is CC1CCN(C[C@@H](O)CN(C)[C@@H]2CCCN(c3cccnn3)C2)CC1. The molecule has 0 saturated carbocycles. The van der Waals surface area contributed by atoms with Gasteiger partial charge in [-0.1, -0.05) is 6.92 Å². The molecule has 3 heterocycles. The summed E-state index contributed by atoms with van der Waals surface area (Å²) in [6, 6.07) is 4.44. The molecule has 0 amide bonds. The lowest BCUT2D eigenvalue weighted by atomic mass is 9.99. The third-order valence-corrected chi connectivity index (χ3v) is 5.75. The smallest absolute Gasteiger partial charge is 0.151 e. The van der Waals surface area contributed by atoms with Gasteiger partial charge < -0.3 is 14.9 Å². The molecule has 0 aliphatic carbocycles. The molecule has 3 rings (SSSR count). The fraction of sp³-hybridized carbons (Fsp3) is 0.789. The summed E-state index contributed by atoms with van der Waals surface area (Å²) in [5, 5.41) is 18.8. The Morgan fingerprint density at radius 3 is 2.80 bits per heavy atom. The van der Waals surface area contributed by atoms with Crippen molar-refractivity contribution >= 4 is 5.82 Å². The van der Waals surface area contributed by atoms with E-state index in [1.54, 1.807) is 6.20 Å². The van der Waals surface area contributed by atoms with Crippen molar-refractivity contribution in [3.8, 4) is 0 Å². The summed E-state index contributed by atoms with van der Waals surface area (Å²) in [6.07, 6.45) is 6.31. The number of β-amino-alcohol motifs (C(OH)–C–C–N with tert-alkyl or cyclic N) is 1. The third-order valence-electron chi connectivity index (χ3n) is 5.75. The van der Waals surface area contributed by atoms with E-state index in [4.69, 9.17) is 0 Å². The molecule has 0 unspecified atom stereocenters. The molecule has 0 aromatic carbocycles. The largest absolute Gasteiger partial charge is 0.390 e. The second-order valence-electron chi connectivity index (χ2n) is 7.90. The Bertz CT molecular complexity index is 506. The molecule has 2 aliphatic heterocycles. The average molecular weight is 348 g/mol. The second-order valence-corrected chi connectivity index (χ2v) is 7.90. The van der Waals surface area contributed by atoms with Gasteiger partial charge in [0.2, 0.25) is 0 Å². The highest BCUT2D eigenvalue weighted by Gasteiger charge is 2.26. The van der Waals surface area contributed by atoms with Crippen LogP contribution in [0.15, 0.2) is 18.3 Å². The molecule has 0 bridgehead atoms. The van der Waals surface area contributed by atoms with Gasteiger partial charge in [-0.15, -0.1) is 5.10 Å². The number of aliphatic hydroxyl groups excluding tert-OH is 1. The molecule has 6 nitrogen and oxygen atoms in total. The normalized spacial score (nSPS) is 24.6. The Labute approximate surface area is 151 Å². The van der Waals surface area contributed by atoms with Crippen molar-refractivity contribution in [3.05, 3.63) is 18.3 Å². The van der Waals surface area contributed by atoms with Crippen LogP contribution in [0.3, 0.4) is 0 Å². The van der Waals surface area contributed by atoms with Gasteiger partial charge in [-0.25, -0.2) is 0 Å². The third kappa shape index (κ3) is 5.36. The Morgan fingerprint density at radius 2 is 2.08 bits per heavy atom. The van der Waals surface area contributed by atoms with E-state index in [9.17, 15) is 5.11 Å². The molecule has 0 radical (unpaired) electrons. The van der Waals surface area contributed by atoms with E-state index in [1.807, 2.05) is 12.1 Å². The van der Waals surface area contributed by atoms with E-state index in [-0.39, 0.29) is 6.10 Å². The number of hydrogen-bond acceptors (Lipinski definition) is 6. The van der Waals surface area contributed by atoms with Crippen LogP contribution in [0.5, 0.6) is 0 Å². The summed E-state index contributed by atoms with van der Waals surface area (Å²) in [6.45, 7) is 8.13. The number of likely N-dealkylation sites (N-methyl/N-ethyl adjacent to an activating group) is 1. The first kappa shape index (κ1) is 18.5. The first-order valence-electron chi connectivity index (χ1n) is 9.75. The van der Waals surface area contributed by atoms with Gasteiger partial charge in [0.05, 0.1) is 6.10 Å². The molecule has 6 heteroatoms. The number of aromatic nitrogens is 2. The molecule has 1 N–H and O–H groups in total. The van der Waals surface area contributed by atoms with Gasteiger partial charge >= 0.3 is 0 Å². The zero-order valence-corrected chi connectivity index (χ0v) is 15.7. The van der Waals surface area contributed by atoms with Crippen molar-refractivity contribution in [2.45, 2.75) is 44.8 Å². The minimum atomic E-state index is -0.273. The Balaban J connectivity index is 1.46. The maximum absolute atomic E-state index is 10.5. The number of rotatable bonds is 6. The van der Waals surface area contributed by atoms with E-state index in [0.29, 0.717) is 6.04 Å². The molecule has 0 spiro atoms. The van der Waals surface area contributed by atoms with Gasteiger partial charge in [0.1, 0.15) is 0 Å². The zero-order valence-electron chi connectivity index (χ0n) is 15.7. The minimum absolute atomic E-state index is 0.273. The molecule has 2 saturated heterocycles. The summed E-state index contributed by atoms with van der Waals surface area (Å²) < 4.78 is 0. The van der Waals surface area contributed by atoms with Crippen molar-refractivity contribution in [2.24, 2.45) is 5.92 Å². The van der Waals surface area contributed by atoms with Gasteiger partial charge in [-0.2, -0.15) is 5.10 Å². The molecule has 2 fully saturated rings. The molecule has 2 aliphatic rings. The molecule has 1 aromatic rings. The molecule has 140 valence electrons. The maximum atomic E-state index is 10.5. The Hall–Kier alpha value is -1.24. The number of nitrogens with zero attached hydrogens (tertiary/aromatic N) is 5. The molecule has 25 heavy (non-hydrogen) atoms. The van der Waals surface area contributed by atoms with Crippen molar-refractivity contribution in [1.29, 1.82) is 0 Å². The summed E-state index contributed by atoms with van der Waals surface area (Å²) in [4.78, 5) is 7.07. The van der Waals surface area contributed by atoms with Crippen LogP contribution in [-0.4, -0.2) is 83.6 Å². The highest BCUT2D eigenvalue weighted by atomic mass is 16.3. The molecule has 1 aromatic heterocycles. The first-order chi connectivity index (χ1) is 12.1. The van der Waals surface area contributed by atoms with Crippen LogP contribution < -0.4 is 4.90 Å². The van der Waals surface area contributed by atoms with Crippen LogP contribution >= 0.6 is 0 Å². The monoisotopic (exact) mass is 347 g/mol. The molecular formula is C19H33N5O. The fourth-order valence-electron chi connectivity index (χ4n) is 4.07. The van der Waals surface area contributed by atoms with Gasteiger partial charge in [0, 0.05) is 38.4 Å². The van der Waals surface area contributed by atoms with Crippen LogP contribution in [0.1, 0.15) is 32.6 Å². The predicted octanol–water partition coefficient (Wildman–Crippen LogP) is 1.47. The number of anilines is 1. The van der Waals surface area contributed by atoms with E-state index in [0.717, 1.165) is 57.4 Å². The van der Waals surface area contributed by atoms with E-state index in [1.165, 1.54) is 19.3 Å². The number of likely N-dealkylation sites (tertiary alicyclic amines) is 1. The van der Waals surface area contributed by atoms with Crippen LogP contribution in [-0.2, 0) is 0 Å². The second kappa shape index (κ2) is 8.92. The Kier molecular flexibility index (Phi) is 6.62. The summed E-state index contributed by atoms with van der Waals surface area (Å²) >= 11 is 0. The van der Waals surface area contributed by atoms with E-state index >= 15 is 0 Å². The van der Waals surface area contributed by atoms with Crippen molar-refractivity contribution in [2.75, 3.05) is 51.2 Å². The lowest BCUT2D eigenvalue weighted by Crippen LogP contribution is -2.50. The number of hydrogen-bond donors (Lipinski definition) is 1. The fourth-order valence-corrected chi connectivity index (χ4v) is 4.07. The quantitative estimate of drug-likeness (QED) is 0.841. The van der Waals surface area contributed by atoms with Crippen LogP contribution in [0.2, 0.25) is 0 Å². The van der Waals surface area contributed by atoms with Crippen molar-refractivity contribution < 1.29 is 5.11 Å². The van der Waals surface area contributed by atoms with Gasteiger partial charge in [0.15, 0.2) is 5.82 Å². The molecule has 2 atom stereocenters. The first-order valence-corrected chi connectivity index (χ1v) is 9.75. The predicted molar refractivity (Wildman–Crippen MR) is 101 cm³/mol. The van der Waals surface area contributed by atoms with Gasteiger partial charge in [-0.05, 0) is 63.9 Å². The van der Waals surface area contributed by atoms with Crippen LogP contribution in [0.25, 0.3) is 0 Å². The number of aliphatic hydroxyl groups is 1. The van der Waals surface area contributed by atoms with Gasteiger partial charge in [0.25, 0.3) is 0 Å². The topological polar surface area (TPSA) is 55.7 Å². The highest BCUT2D eigenvalue weighted by Crippen LogP contribution is 2.20. The average Bonchev–Trinajstić information content (AvgIpc) is 2.64. The Morgan fingerprint density at radius 1 is 1.28 bits per heavy atom. The van der Waals surface area contributed by atoms with Gasteiger partial charge in [-0.3, -0.25) is 4.90 Å². The van der Waals surface area contributed by atoms with E-state index in [2.05, 4.69) is 38.9 Å². The summed E-state index contributed by atoms with van der Waals surface area (Å²) in [7, 11) is 2.15. The van der Waals surface area contributed by atoms with Crippen LogP contribution in [0, 0.1) is 5.92 Å². The van der Waals surface area contributed by atoms with Crippen molar-refractivity contribution in [3.63, 3.8) is 0 Å². The number of piperidine rings is 2. The minimum Gasteiger partial charge on any atom is -0.390 e. The van der Waals surface area contributed by atoms with E-state index < -0.39 is 0 Å².